The van der Waals surface area contributed by atoms with Crippen LogP contribution >= 0.6 is 11.3 Å². The lowest BCUT2D eigenvalue weighted by atomic mass is 10.1. The van der Waals surface area contributed by atoms with Gasteiger partial charge in [0.05, 0.1) is 0 Å². The van der Waals surface area contributed by atoms with Gasteiger partial charge in [0.15, 0.2) is 0 Å². The van der Waals surface area contributed by atoms with Crippen molar-refractivity contribution in [2.75, 3.05) is 13.2 Å². The molecule has 4 nitrogen and oxygen atoms in total. The van der Waals surface area contributed by atoms with Crippen molar-refractivity contribution in [3.05, 3.63) is 22.4 Å². The molecule has 2 unspecified atom stereocenters. The predicted molar refractivity (Wildman–Crippen MR) is 74.9 cm³/mol. The number of aliphatic hydroxyl groups excluding tert-OH is 1. The third kappa shape index (κ3) is 6.02. The van der Waals surface area contributed by atoms with E-state index in [0.29, 0.717) is 18.9 Å². The number of hydrogen-bond acceptors (Lipinski definition) is 3. The number of aliphatic hydroxyl groups is 1. The van der Waals surface area contributed by atoms with Gasteiger partial charge in [0.2, 0.25) is 0 Å². The van der Waals surface area contributed by atoms with Gasteiger partial charge in [-0.2, -0.15) is 0 Å². The average Bonchev–Trinajstić information content (AvgIpc) is 2.79. The lowest BCUT2D eigenvalue weighted by molar-refractivity contribution is 0.231. The van der Waals surface area contributed by atoms with E-state index in [1.807, 2.05) is 25.3 Å². The van der Waals surface area contributed by atoms with E-state index >= 15 is 0 Å². The fourth-order valence-corrected chi connectivity index (χ4v) is 2.48. The highest BCUT2D eigenvalue weighted by Gasteiger charge is 2.09. The van der Waals surface area contributed by atoms with Crippen LogP contribution < -0.4 is 10.6 Å². The van der Waals surface area contributed by atoms with E-state index in [1.54, 1.807) is 11.3 Å². The second-order valence-electron chi connectivity index (χ2n) is 4.66. The number of carbonyl (C=O) groups is 1. The van der Waals surface area contributed by atoms with Crippen LogP contribution in [0.25, 0.3) is 0 Å². The fraction of sp³-hybridized carbons (Fsp3) is 0.615. The maximum atomic E-state index is 11.6. The van der Waals surface area contributed by atoms with Crippen LogP contribution in [-0.4, -0.2) is 30.3 Å². The van der Waals surface area contributed by atoms with Gasteiger partial charge in [0.1, 0.15) is 0 Å². The maximum absolute atomic E-state index is 11.6. The Hall–Kier alpha value is -1.07. The molecular weight excluding hydrogens is 248 g/mol. The lowest BCUT2D eigenvalue weighted by Crippen LogP contribution is -2.43. The van der Waals surface area contributed by atoms with Crippen molar-refractivity contribution in [2.45, 2.75) is 32.7 Å². The highest BCUT2D eigenvalue weighted by molar-refractivity contribution is 7.09. The molecule has 0 saturated heterocycles. The molecule has 0 aromatic carbocycles. The Morgan fingerprint density at radius 2 is 2.28 bits per heavy atom. The number of rotatable bonds is 7. The van der Waals surface area contributed by atoms with Crippen molar-refractivity contribution in [3.63, 3.8) is 0 Å². The average molecular weight is 270 g/mol. The molecule has 0 saturated carbocycles. The lowest BCUT2D eigenvalue weighted by Gasteiger charge is -2.16. The summed E-state index contributed by atoms with van der Waals surface area (Å²) in [6.45, 7) is 4.76. The molecule has 1 aromatic rings. The summed E-state index contributed by atoms with van der Waals surface area (Å²) in [5.74, 6) is 0.299. The monoisotopic (exact) mass is 270 g/mol. The maximum Gasteiger partial charge on any atom is 0.315 e. The molecule has 102 valence electrons. The van der Waals surface area contributed by atoms with Crippen molar-refractivity contribution >= 4 is 17.4 Å². The van der Waals surface area contributed by atoms with Crippen LogP contribution in [-0.2, 0) is 6.42 Å². The Morgan fingerprint density at radius 3 is 2.89 bits per heavy atom. The van der Waals surface area contributed by atoms with Crippen LogP contribution in [0.1, 0.15) is 25.1 Å². The largest absolute Gasteiger partial charge is 0.396 e. The first-order chi connectivity index (χ1) is 8.61. The smallest absolute Gasteiger partial charge is 0.315 e. The van der Waals surface area contributed by atoms with Crippen LogP contribution in [0.3, 0.4) is 0 Å². The molecule has 0 radical (unpaired) electrons. The van der Waals surface area contributed by atoms with Crippen LogP contribution in [0, 0.1) is 5.92 Å². The Bertz CT molecular complexity index is 341. The molecule has 0 aliphatic rings. The molecule has 0 aliphatic heterocycles. The number of amides is 2. The van der Waals surface area contributed by atoms with E-state index < -0.39 is 0 Å². The summed E-state index contributed by atoms with van der Waals surface area (Å²) in [6.07, 6.45) is 1.57. The number of thiophene rings is 1. The standard InChI is InChI=1S/C13H22N2O2S/c1-10(5-6-16)9-14-13(17)15-11(2)8-12-4-3-7-18-12/h3-4,7,10-11,16H,5-6,8-9H2,1-2H3,(H2,14,15,17). The van der Waals surface area contributed by atoms with Crippen molar-refractivity contribution in [1.82, 2.24) is 10.6 Å². The Labute approximate surface area is 112 Å². The molecule has 0 spiro atoms. The molecule has 1 aromatic heterocycles. The van der Waals surface area contributed by atoms with Gasteiger partial charge in [0.25, 0.3) is 0 Å². The van der Waals surface area contributed by atoms with E-state index in [4.69, 9.17) is 5.11 Å². The second-order valence-corrected chi connectivity index (χ2v) is 5.69. The molecule has 18 heavy (non-hydrogen) atoms. The van der Waals surface area contributed by atoms with Crippen molar-refractivity contribution < 1.29 is 9.90 Å². The van der Waals surface area contributed by atoms with Gasteiger partial charge in [-0.3, -0.25) is 0 Å². The first kappa shape index (κ1) is 15.0. The minimum Gasteiger partial charge on any atom is -0.396 e. The zero-order valence-electron chi connectivity index (χ0n) is 11.0. The zero-order chi connectivity index (χ0) is 13.4. The van der Waals surface area contributed by atoms with Gasteiger partial charge in [-0.05, 0) is 30.7 Å². The summed E-state index contributed by atoms with van der Waals surface area (Å²) in [4.78, 5) is 12.9. The number of carbonyl (C=O) groups excluding carboxylic acids is 1. The number of nitrogens with one attached hydrogen (secondary N) is 2. The molecular formula is C13H22N2O2S. The number of hydrogen-bond donors (Lipinski definition) is 3. The van der Waals surface area contributed by atoms with E-state index in [0.717, 1.165) is 6.42 Å². The SMILES string of the molecule is CC(CCO)CNC(=O)NC(C)Cc1cccs1. The summed E-state index contributed by atoms with van der Waals surface area (Å²) in [7, 11) is 0. The third-order valence-electron chi connectivity index (χ3n) is 2.70. The molecule has 0 bridgehead atoms. The van der Waals surface area contributed by atoms with Gasteiger partial charge in [-0.1, -0.05) is 13.0 Å². The minimum atomic E-state index is -0.135. The highest BCUT2D eigenvalue weighted by Crippen LogP contribution is 2.10. The van der Waals surface area contributed by atoms with Crippen LogP contribution in [0.2, 0.25) is 0 Å². The van der Waals surface area contributed by atoms with Crippen LogP contribution in [0.15, 0.2) is 17.5 Å². The Morgan fingerprint density at radius 1 is 1.50 bits per heavy atom. The number of urea groups is 1. The molecule has 2 amide bonds. The van der Waals surface area contributed by atoms with Gasteiger partial charge in [-0.15, -0.1) is 11.3 Å². The third-order valence-corrected chi connectivity index (χ3v) is 3.60. The van der Waals surface area contributed by atoms with E-state index in [9.17, 15) is 4.79 Å². The van der Waals surface area contributed by atoms with Gasteiger partial charge < -0.3 is 15.7 Å². The molecule has 1 rings (SSSR count). The summed E-state index contributed by atoms with van der Waals surface area (Å²) in [6, 6.07) is 4.08. The van der Waals surface area contributed by atoms with Crippen LogP contribution in [0.4, 0.5) is 4.79 Å². The zero-order valence-corrected chi connectivity index (χ0v) is 11.8. The summed E-state index contributed by atoms with van der Waals surface area (Å²) in [5.41, 5.74) is 0. The first-order valence-corrected chi connectivity index (χ1v) is 7.17. The Kier molecular flexibility index (Phi) is 6.75. The quantitative estimate of drug-likeness (QED) is 0.709. The molecule has 2 atom stereocenters. The summed E-state index contributed by atoms with van der Waals surface area (Å²) >= 11 is 1.70. The molecule has 3 N–H and O–H groups in total. The van der Waals surface area contributed by atoms with Gasteiger partial charge in [-0.25, -0.2) is 4.79 Å². The Balaban J connectivity index is 2.19. The molecule has 5 heteroatoms. The van der Waals surface area contributed by atoms with E-state index in [2.05, 4.69) is 16.7 Å². The molecule has 0 fully saturated rings. The normalized spacial score (nSPS) is 13.9. The van der Waals surface area contributed by atoms with E-state index in [-0.39, 0.29) is 18.7 Å². The van der Waals surface area contributed by atoms with Crippen molar-refractivity contribution in [3.8, 4) is 0 Å². The minimum absolute atomic E-state index is 0.122. The van der Waals surface area contributed by atoms with Gasteiger partial charge >= 0.3 is 6.03 Å². The summed E-state index contributed by atoms with van der Waals surface area (Å²) in [5, 5.41) is 16.5. The first-order valence-electron chi connectivity index (χ1n) is 6.29. The summed E-state index contributed by atoms with van der Waals surface area (Å²) < 4.78 is 0. The fourth-order valence-electron chi connectivity index (χ4n) is 1.65. The molecule has 1 heterocycles. The highest BCUT2D eigenvalue weighted by atomic mass is 32.1. The molecule has 0 aliphatic carbocycles. The topological polar surface area (TPSA) is 61.4 Å². The predicted octanol–water partition coefficient (Wildman–Crippen LogP) is 2.00. The van der Waals surface area contributed by atoms with Crippen molar-refractivity contribution in [1.29, 1.82) is 0 Å². The second kappa shape index (κ2) is 8.11. The van der Waals surface area contributed by atoms with Gasteiger partial charge in [0, 0.05) is 30.5 Å². The van der Waals surface area contributed by atoms with Crippen LogP contribution in [0.5, 0.6) is 0 Å². The van der Waals surface area contributed by atoms with Crippen molar-refractivity contribution in [2.24, 2.45) is 5.92 Å². The van der Waals surface area contributed by atoms with E-state index in [1.165, 1.54) is 4.88 Å².